The van der Waals surface area contributed by atoms with Gasteiger partial charge in [-0.3, -0.25) is 9.78 Å². The number of carbonyl (C=O) groups is 1. The van der Waals surface area contributed by atoms with Gasteiger partial charge in [-0.25, -0.2) is 9.97 Å². The van der Waals surface area contributed by atoms with E-state index in [1.165, 1.54) is 11.3 Å². The molecule has 0 bridgehead atoms. The van der Waals surface area contributed by atoms with E-state index in [1.807, 2.05) is 65.7 Å². The monoisotopic (exact) mass is 445 g/mol. The molecule has 1 aliphatic heterocycles. The first-order valence-electron chi connectivity index (χ1n) is 10.6. The molecule has 4 heterocycles. The van der Waals surface area contributed by atoms with Gasteiger partial charge >= 0.3 is 0 Å². The molecule has 1 saturated heterocycles. The van der Waals surface area contributed by atoms with Crippen LogP contribution in [-0.4, -0.2) is 38.9 Å². The number of pyridine rings is 2. The van der Waals surface area contributed by atoms with Crippen molar-refractivity contribution < 1.29 is 9.53 Å². The highest BCUT2D eigenvalue weighted by Crippen LogP contribution is 2.32. The highest BCUT2D eigenvalue weighted by molar-refractivity contribution is 7.13. The zero-order valence-electron chi connectivity index (χ0n) is 17.7. The summed E-state index contributed by atoms with van der Waals surface area (Å²) in [6, 6.07) is 15.5. The molecule has 32 heavy (non-hydrogen) atoms. The molecule has 0 saturated carbocycles. The van der Waals surface area contributed by atoms with Crippen molar-refractivity contribution in [3.05, 3.63) is 71.5 Å². The number of anilines is 2. The minimum atomic E-state index is -0.0555. The van der Waals surface area contributed by atoms with Crippen LogP contribution in [0.15, 0.2) is 60.1 Å². The van der Waals surface area contributed by atoms with Gasteiger partial charge in [-0.2, -0.15) is 0 Å². The molecule has 1 unspecified atom stereocenters. The predicted molar refractivity (Wildman–Crippen MR) is 125 cm³/mol. The molecular weight excluding hydrogens is 422 g/mol. The van der Waals surface area contributed by atoms with Crippen molar-refractivity contribution in [3.63, 3.8) is 0 Å². The second-order valence-corrected chi connectivity index (χ2v) is 8.62. The number of ether oxygens (including phenoxy) is 1. The number of aryl methyl sites for hydroxylation is 1. The first-order chi connectivity index (χ1) is 15.7. The molecule has 1 N–H and O–H groups in total. The van der Waals surface area contributed by atoms with Gasteiger partial charge in [0.2, 0.25) is 0 Å². The first kappa shape index (κ1) is 20.4. The molecule has 1 amide bonds. The second kappa shape index (κ2) is 8.92. The van der Waals surface area contributed by atoms with E-state index >= 15 is 0 Å². The number of thiazole rings is 1. The van der Waals surface area contributed by atoms with Crippen LogP contribution in [0, 0.1) is 6.92 Å². The lowest BCUT2D eigenvalue weighted by Gasteiger charge is -2.25. The average molecular weight is 446 g/mol. The number of fused-ring (bicyclic) bond motifs is 1. The molecule has 0 radical (unpaired) electrons. The topological polar surface area (TPSA) is 80.2 Å². The minimum absolute atomic E-state index is 0.0129. The van der Waals surface area contributed by atoms with Gasteiger partial charge in [0.25, 0.3) is 5.91 Å². The molecule has 162 valence electrons. The van der Waals surface area contributed by atoms with E-state index in [0.29, 0.717) is 12.3 Å². The molecule has 1 aromatic carbocycles. The number of carbonyl (C=O) groups excluding carboxylic acids is 1. The lowest BCUT2D eigenvalue weighted by atomic mass is 10.1. The summed E-state index contributed by atoms with van der Waals surface area (Å²) in [4.78, 5) is 28.5. The van der Waals surface area contributed by atoms with Gasteiger partial charge in [-0.1, -0.05) is 18.2 Å². The Bertz CT molecular complexity index is 1240. The van der Waals surface area contributed by atoms with Gasteiger partial charge in [-0.05, 0) is 44.0 Å². The molecule has 4 aromatic rings. The van der Waals surface area contributed by atoms with Crippen molar-refractivity contribution in [2.24, 2.45) is 0 Å². The van der Waals surface area contributed by atoms with E-state index in [2.05, 4.69) is 15.3 Å². The van der Waals surface area contributed by atoms with Crippen LogP contribution in [0.1, 0.15) is 30.3 Å². The fourth-order valence-electron chi connectivity index (χ4n) is 4.09. The van der Waals surface area contributed by atoms with Gasteiger partial charge in [0.05, 0.1) is 17.3 Å². The molecular formula is C24H23N5O2S. The number of rotatable bonds is 6. The number of hydrogen-bond acceptors (Lipinski definition) is 7. The lowest BCUT2D eigenvalue weighted by molar-refractivity contribution is -0.134. The van der Waals surface area contributed by atoms with Gasteiger partial charge in [0.15, 0.2) is 11.7 Å². The molecule has 0 aliphatic carbocycles. The van der Waals surface area contributed by atoms with E-state index in [1.54, 1.807) is 6.20 Å². The maximum atomic E-state index is 13.1. The van der Waals surface area contributed by atoms with Crippen molar-refractivity contribution >= 4 is 39.1 Å². The van der Waals surface area contributed by atoms with Gasteiger partial charge in [0.1, 0.15) is 11.6 Å². The summed E-state index contributed by atoms with van der Waals surface area (Å²) < 4.78 is 5.98. The summed E-state index contributed by atoms with van der Waals surface area (Å²) >= 11 is 1.52. The van der Waals surface area contributed by atoms with E-state index in [0.717, 1.165) is 46.1 Å². The molecule has 1 fully saturated rings. The SMILES string of the molecule is Cc1cc(OCC(=O)N2CCCC2c2cccc(Nc3nccs3)n2)c2ccccc2n1. The summed E-state index contributed by atoms with van der Waals surface area (Å²) in [5.41, 5.74) is 2.60. The highest BCUT2D eigenvalue weighted by Gasteiger charge is 2.31. The number of amides is 1. The normalized spacial score (nSPS) is 15.8. The third-order valence-electron chi connectivity index (χ3n) is 5.51. The molecule has 0 spiro atoms. The van der Waals surface area contributed by atoms with Gasteiger partial charge < -0.3 is 15.0 Å². The first-order valence-corrected chi connectivity index (χ1v) is 11.5. The molecule has 3 aromatic heterocycles. The maximum Gasteiger partial charge on any atom is 0.261 e. The van der Waals surface area contributed by atoms with E-state index in [4.69, 9.17) is 9.72 Å². The highest BCUT2D eigenvalue weighted by atomic mass is 32.1. The number of hydrogen-bond donors (Lipinski definition) is 1. The van der Waals surface area contributed by atoms with Crippen molar-refractivity contribution in [1.29, 1.82) is 0 Å². The minimum Gasteiger partial charge on any atom is -0.483 e. The summed E-state index contributed by atoms with van der Waals surface area (Å²) in [6.45, 7) is 2.62. The van der Waals surface area contributed by atoms with Crippen LogP contribution >= 0.6 is 11.3 Å². The Hall–Kier alpha value is -3.52. The Morgan fingerprint density at radius 3 is 3.00 bits per heavy atom. The molecule has 7 nitrogen and oxygen atoms in total. The van der Waals surface area contributed by atoms with Crippen LogP contribution in [0.25, 0.3) is 10.9 Å². The van der Waals surface area contributed by atoms with Crippen molar-refractivity contribution in [2.75, 3.05) is 18.5 Å². The maximum absolute atomic E-state index is 13.1. The standard InChI is InChI=1S/C24H23N5O2S/c1-16-14-21(17-6-2-3-7-18(17)26-16)31-15-23(30)29-12-5-9-20(29)19-8-4-10-22(27-19)28-24-25-11-13-32-24/h2-4,6-8,10-11,13-14,20H,5,9,12,15H2,1H3,(H,25,27,28). The third kappa shape index (κ3) is 4.27. The molecule has 1 aliphatic rings. The third-order valence-corrected chi connectivity index (χ3v) is 6.20. The van der Waals surface area contributed by atoms with Crippen LogP contribution in [0.5, 0.6) is 5.75 Å². The largest absolute Gasteiger partial charge is 0.483 e. The lowest BCUT2D eigenvalue weighted by Crippen LogP contribution is -2.34. The van der Waals surface area contributed by atoms with Crippen LogP contribution < -0.4 is 10.1 Å². The zero-order chi connectivity index (χ0) is 21.9. The Morgan fingerprint density at radius 2 is 2.12 bits per heavy atom. The Morgan fingerprint density at radius 1 is 1.22 bits per heavy atom. The fraction of sp³-hybridized carbons (Fsp3) is 0.250. The average Bonchev–Trinajstić information content (AvgIpc) is 3.49. The second-order valence-electron chi connectivity index (χ2n) is 7.72. The van der Waals surface area contributed by atoms with E-state index in [-0.39, 0.29) is 18.6 Å². The van der Waals surface area contributed by atoms with Gasteiger partial charge in [-0.15, -0.1) is 11.3 Å². The smallest absolute Gasteiger partial charge is 0.261 e. The number of likely N-dealkylation sites (tertiary alicyclic amines) is 1. The summed E-state index contributed by atoms with van der Waals surface area (Å²) in [7, 11) is 0. The number of aromatic nitrogens is 3. The van der Waals surface area contributed by atoms with Crippen LogP contribution in [0.3, 0.4) is 0 Å². The van der Waals surface area contributed by atoms with Gasteiger partial charge in [0, 0.05) is 35.3 Å². The van der Waals surface area contributed by atoms with Crippen LogP contribution in [-0.2, 0) is 4.79 Å². The predicted octanol–water partition coefficient (Wildman–Crippen LogP) is 4.88. The van der Waals surface area contributed by atoms with Crippen LogP contribution in [0.2, 0.25) is 0 Å². The fourth-order valence-corrected chi connectivity index (χ4v) is 4.62. The number of benzene rings is 1. The summed E-state index contributed by atoms with van der Waals surface area (Å²) in [5.74, 6) is 1.38. The van der Waals surface area contributed by atoms with Crippen molar-refractivity contribution in [2.45, 2.75) is 25.8 Å². The summed E-state index contributed by atoms with van der Waals surface area (Å²) in [6.07, 6.45) is 3.58. The Labute approximate surface area is 190 Å². The molecule has 5 rings (SSSR count). The molecule has 8 heteroatoms. The number of nitrogens with one attached hydrogen (secondary N) is 1. The zero-order valence-corrected chi connectivity index (χ0v) is 18.5. The Balaban J connectivity index is 1.30. The van der Waals surface area contributed by atoms with E-state index < -0.39 is 0 Å². The number of para-hydroxylation sites is 1. The quantitative estimate of drug-likeness (QED) is 0.456. The summed E-state index contributed by atoms with van der Waals surface area (Å²) in [5, 5.41) is 6.84. The number of nitrogens with zero attached hydrogens (tertiary/aromatic N) is 4. The van der Waals surface area contributed by atoms with Crippen molar-refractivity contribution in [1.82, 2.24) is 19.9 Å². The Kier molecular flexibility index (Phi) is 5.68. The van der Waals surface area contributed by atoms with E-state index in [9.17, 15) is 4.79 Å². The van der Waals surface area contributed by atoms with Crippen molar-refractivity contribution in [3.8, 4) is 5.75 Å². The molecule has 1 atom stereocenters. The van der Waals surface area contributed by atoms with Crippen LogP contribution in [0.4, 0.5) is 10.9 Å².